The quantitative estimate of drug-likeness (QED) is 0.900. The first-order valence-electron chi connectivity index (χ1n) is 6.34. The van der Waals surface area contributed by atoms with Gasteiger partial charge in [0, 0.05) is 6.04 Å². The van der Waals surface area contributed by atoms with Crippen LogP contribution in [0.5, 0.6) is 5.75 Å². The van der Waals surface area contributed by atoms with Gasteiger partial charge in [0.25, 0.3) is 0 Å². The summed E-state index contributed by atoms with van der Waals surface area (Å²) in [6.45, 7) is 1.19. The van der Waals surface area contributed by atoms with Gasteiger partial charge in [-0.1, -0.05) is 6.07 Å². The second-order valence-corrected chi connectivity index (χ2v) is 6.03. The minimum absolute atomic E-state index is 0.753. The Balaban J connectivity index is 1.59. The van der Waals surface area contributed by atoms with E-state index < -0.39 is 0 Å². The zero-order valence-corrected chi connectivity index (χ0v) is 11.7. The number of halogens is 1. The standard InChI is InChI=1S/C14H18BrNO/c1-17-14-5-2-9(7-13(14)15)12-6-10(12)8-16-11-3-4-11/h2,5,7,10-12,16H,3-4,6,8H2,1H3. The van der Waals surface area contributed by atoms with Crippen LogP contribution in [-0.4, -0.2) is 19.7 Å². The Morgan fingerprint density at radius 2 is 2.24 bits per heavy atom. The van der Waals surface area contributed by atoms with Crippen LogP contribution in [0.2, 0.25) is 0 Å². The molecular weight excluding hydrogens is 278 g/mol. The van der Waals surface area contributed by atoms with E-state index in [1.807, 2.05) is 0 Å². The van der Waals surface area contributed by atoms with E-state index in [0.29, 0.717) is 0 Å². The highest BCUT2D eigenvalue weighted by Gasteiger charge is 2.39. The molecule has 2 atom stereocenters. The van der Waals surface area contributed by atoms with Gasteiger partial charge in [0.05, 0.1) is 11.6 Å². The Hall–Kier alpha value is -0.540. The summed E-state index contributed by atoms with van der Waals surface area (Å²) >= 11 is 3.55. The fourth-order valence-corrected chi connectivity index (χ4v) is 2.96. The molecule has 0 aliphatic heterocycles. The van der Waals surface area contributed by atoms with Gasteiger partial charge in [0.15, 0.2) is 0 Å². The van der Waals surface area contributed by atoms with Crippen molar-refractivity contribution in [1.29, 1.82) is 0 Å². The van der Waals surface area contributed by atoms with Gasteiger partial charge in [-0.2, -0.15) is 0 Å². The van der Waals surface area contributed by atoms with Crippen LogP contribution < -0.4 is 10.1 Å². The molecule has 1 N–H and O–H groups in total. The van der Waals surface area contributed by atoms with Crippen LogP contribution in [0.1, 0.15) is 30.7 Å². The van der Waals surface area contributed by atoms with Crippen LogP contribution in [0.3, 0.4) is 0 Å². The second-order valence-electron chi connectivity index (χ2n) is 5.18. The van der Waals surface area contributed by atoms with Gasteiger partial charge in [0.1, 0.15) is 5.75 Å². The highest BCUT2D eigenvalue weighted by molar-refractivity contribution is 9.10. The van der Waals surface area contributed by atoms with Gasteiger partial charge in [-0.25, -0.2) is 0 Å². The van der Waals surface area contributed by atoms with E-state index in [2.05, 4.69) is 39.4 Å². The van der Waals surface area contributed by atoms with Crippen LogP contribution >= 0.6 is 15.9 Å². The van der Waals surface area contributed by atoms with E-state index in [-0.39, 0.29) is 0 Å². The topological polar surface area (TPSA) is 21.3 Å². The maximum Gasteiger partial charge on any atom is 0.133 e. The Bertz CT molecular complexity index is 417. The lowest BCUT2D eigenvalue weighted by Gasteiger charge is -2.06. The van der Waals surface area contributed by atoms with E-state index >= 15 is 0 Å². The van der Waals surface area contributed by atoms with Crippen LogP contribution in [0.15, 0.2) is 22.7 Å². The van der Waals surface area contributed by atoms with Gasteiger partial charge in [-0.3, -0.25) is 0 Å². The summed E-state index contributed by atoms with van der Waals surface area (Å²) in [7, 11) is 1.71. The van der Waals surface area contributed by atoms with Crippen molar-refractivity contribution in [2.75, 3.05) is 13.7 Å². The summed E-state index contributed by atoms with van der Waals surface area (Å²) in [6, 6.07) is 7.30. The smallest absolute Gasteiger partial charge is 0.133 e. The Morgan fingerprint density at radius 3 is 2.88 bits per heavy atom. The predicted octanol–water partition coefficient (Wildman–Crippen LogP) is 3.31. The lowest BCUT2D eigenvalue weighted by atomic mass is 10.1. The van der Waals surface area contributed by atoms with Crippen molar-refractivity contribution in [2.45, 2.75) is 31.2 Å². The summed E-state index contributed by atoms with van der Waals surface area (Å²) in [5, 5.41) is 3.62. The van der Waals surface area contributed by atoms with Crippen LogP contribution in [0.4, 0.5) is 0 Å². The minimum atomic E-state index is 0.753. The van der Waals surface area contributed by atoms with Crippen molar-refractivity contribution >= 4 is 15.9 Å². The molecule has 0 amide bonds. The third-order valence-corrected chi connectivity index (χ3v) is 4.39. The molecule has 0 saturated heterocycles. The van der Waals surface area contributed by atoms with Gasteiger partial charge >= 0.3 is 0 Å². The van der Waals surface area contributed by atoms with E-state index in [0.717, 1.165) is 28.1 Å². The Kier molecular flexibility index (Phi) is 3.14. The minimum Gasteiger partial charge on any atom is -0.496 e. The first-order valence-corrected chi connectivity index (χ1v) is 7.14. The van der Waals surface area contributed by atoms with Crippen molar-refractivity contribution in [3.63, 3.8) is 0 Å². The molecule has 3 heteroatoms. The number of hydrogen-bond acceptors (Lipinski definition) is 2. The zero-order chi connectivity index (χ0) is 11.8. The number of benzene rings is 1. The number of nitrogens with one attached hydrogen (secondary N) is 1. The van der Waals surface area contributed by atoms with Crippen molar-refractivity contribution < 1.29 is 4.74 Å². The SMILES string of the molecule is COc1ccc(C2CC2CNC2CC2)cc1Br. The first kappa shape index (κ1) is 11.5. The fraction of sp³-hybridized carbons (Fsp3) is 0.571. The second kappa shape index (κ2) is 4.62. The molecule has 2 nitrogen and oxygen atoms in total. The Labute approximate surface area is 111 Å². The highest BCUT2D eigenvalue weighted by Crippen LogP contribution is 2.48. The number of ether oxygens (including phenoxy) is 1. The summed E-state index contributed by atoms with van der Waals surface area (Å²) in [5.74, 6) is 2.52. The molecule has 2 saturated carbocycles. The molecule has 92 valence electrons. The van der Waals surface area contributed by atoms with E-state index in [1.165, 1.54) is 31.4 Å². The molecule has 1 aromatic carbocycles. The molecule has 0 spiro atoms. The maximum absolute atomic E-state index is 5.25. The summed E-state index contributed by atoms with van der Waals surface area (Å²) in [5.41, 5.74) is 1.44. The van der Waals surface area contributed by atoms with Crippen LogP contribution in [-0.2, 0) is 0 Å². The van der Waals surface area contributed by atoms with E-state index in [1.54, 1.807) is 7.11 Å². The molecule has 2 aliphatic carbocycles. The molecule has 2 unspecified atom stereocenters. The van der Waals surface area contributed by atoms with Gasteiger partial charge in [-0.05, 0) is 71.3 Å². The van der Waals surface area contributed by atoms with Crippen molar-refractivity contribution in [3.05, 3.63) is 28.2 Å². The van der Waals surface area contributed by atoms with E-state index in [9.17, 15) is 0 Å². The van der Waals surface area contributed by atoms with Gasteiger partial charge in [0.2, 0.25) is 0 Å². The third kappa shape index (κ3) is 2.66. The molecule has 2 fully saturated rings. The fourth-order valence-electron chi connectivity index (χ4n) is 2.40. The van der Waals surface area contributed by atoms with Gasteiger partial charge in [-0.15, -0.1) is 0 Å². The largest absolute Gasteiger partial charge is 0.496 e. The summed E-state index contributed by atoms with van der Waals surface area (Å²) in [4.78, 5) is 0. The summed E-state index contributed by atoms with van der Waals surface area (Å²) < 4.78 is 6.32. The average molecular weight is 296 g/mol. The number of hydrogen-bond donors (Lipinski definition) is 1. The number of rotatable bonds is 5. The molecule has 1 aromatic rings. The molecule has 0 radical (unpaired) electrons. The van der Waals surface area contributed by atoms with Crippen molar-refractivity contribution in [1.82, 2.24) is 5.32 Å². The lowest BCUT2D eigenvalue weighted by Crippen LogP contribution is -2.19. The van der Waals surface area contributed by atoms with E-state index in [4.69, 9.17) is 4.74 Å². The van der Waals surface area contributed by atoms with Crippen LogP contribution in [0.25, 0.3) is 0 Å². The van der Waals surface area contributed by atoms with Crippen molar-refractivity contribution in [3.8, 4) is 5.75 Å². The number of methoxy groups -OCH3 is 1. The normalized spacial score (nSPS) is 26.9. The predicted molar refractivity (Wildman–Crippen MR) is 72.6 cm³/mol. The zero-order valence-electron chi connectivity index (χ0n) is 10.1. The molecule has 2 aliphatic rings. The molecule has 17 heavy (non-hydrogen) atoms. The summed E-state index contributed by atoms with van der Waals surface area (Å²) in [6.07, 6.45) is 4.09. The Morgan fingerprint density at radius 1 is 1.41 bits per heavy atom. The molecular formula is C14H18BrNO. The molecule has 3 rings (SSSR count). The molecule has 0 aromatic heterocycles. The van der Waals surface area contributed by atoms with Crippen molar-refractivity contribution in [2.24, 2.45) is 5.92 Å². The maximum atomic E-state index is 5.25. The third-order valence-electron chi connectivity index (χ3n) is 3.77. The van der Waals surface area contributed by atoms with Crippen LogP contribution in [0, 0.1) is 5.92 Å². The van der Waals surface area contributed by atoms with Gasteiger partial charge < -0.3 is 10.1 Å². The molecule has 0 heterocycles. The first-order chi connectivity index (χ1) is 8.28. The monoisotopic (exact) mass is 295 g/mol. The highest BCUT2D eigenvalue weighted by atomic mass is 79.9. The molecule has 0 bridgehead atoms. The lowest BCUT2D eigenvalue weighted by molar-refractivity contribution is 0.412. The average Bonchev–Trinajstić information content (AvgIpc) is 3.20.